The molecular formula is C60H57N5O8. The molecule has 0 amide bonds. The molecule has 3 atom stereocenters. The number of ether oxygens (including phenoxy) is 7. The normalized spacial score (nSPS) is 15.8. The summed E-state index contributed by atoms with van der Waals surface area (Å²) in [6.07, 6.45) is 1.41. The maximum absolute atomic E-state index is 11.6. The predicted octanol–water partition coefficient (Wildman–Crippen LogP) is 10.6. The molecule has 13 nitrogen and oxygen atoms in total. The molecule has 13 heteroatoms. The number of fused-ring (bicyclic) bond motifs is 1. The highest BCUT2D eigenvalue weighted by Crippen LogP contribution is 2.45. The Bertz CT molecular complexity index is 3120. The summed E-state index contributed by atoms with van der Waals surface area (Å²) in [5, 5.41) is 15.1. The number of aromatic nitrogens is 4. The van der Waals surface area contributed by atoms with E-state index in [-0.39, 0.29) is 6.61 Å². The van der Waals surface area contributed by atoms with Crippen molar-refractivity contribution in [2.24, 2.45) is 0 Å². The first-order chi connectivity index (χ1) is 35.8. The van der Waals surface area contributed by atoms with Crippen molar-refractivity contribution < 1.29 is 38.3 Å². The monoisotopic (exact) mass is 975 g/mol. The van der Waals surface area contributed by atoms with Crippen LogP contribution < -0.4 is 24.3 Å². The molecule has 1 fully saturated rings. The van der Waals surface area contributed by atoms with Gasteiger partial charge < -0.3 is 43.6 Å². The number of anilines is 1. The average Bonchev–Trinajstić information content (AvgIpc) is 4.07. The number of rotatable bonds is 20. The minimum Gasteiger partial charge on any atom is -0.497 e. The maximum Gasteiger partial charge on any atom is 0.167 e. The molecule has 2 aromatic heterocycles. The number of aliphatic hydroxyl groups is 1. The third-order valence-corrected chi connectivity index (χ3v) is 13.6. The maximum atomic E-state index is 11.6. The molecule has 0 saturated carbocycles. The van der Waals surface area contributed by atoms with Gasteiger partial charge >= 0.3 is 0 Å². The number of imidazole rings is 1. The standard InChI is InChI=1S/C60H57N5O8/c1-67-49-26-18-45(19-27-49)59(43-14-7-5-8-15-43,46-20-28-50(68-2)29-21-46)71-37-42-13-11-12-41(34-42)36-61-57-56-58(63-39-62-57)65(40-64-56)55-35-53(66)54(73-55)38-72-60(44-16-9-6-10-17-44,47-22-30-51(69-3)31-23-47)48-24-32-52(70-4)33-25-48/h5-34,39-40,53-55,66H,35-38H2,1-4H3,(H,61,62,63)/t53-,54+,55+/m0/s1. The molecule has 9 aromatic rings. The van der Waals surface area contributed by atoms with E-state index in [1.807, 2.05) is 132 Å². The van der Waals surface area contributed by atoms with Gasteiger partial charge in [0.15, 0.2) is 17.0 Å². The highest BCUT2D eigenvalue weighted by molar-refractivity contribution is 5.82. The zero-order chi connectivity index (χ0) is 50.2. The second kappa shape index (κ2) is 21.7. The Morgan fingerprint density at radius 3 is 1.51 bits per heavy atom. The Balaban J connectivity index is 0.867. The molecule has 2 N–H and O–H groups in total. The fourth-order valence-electron chi connectivity index (χ4n) is 9.79. The van der Waals surface area contributed by atoms with Gasteiger partial charge in [-0.3, -0.25) is 4.57 Å². The van der Waals surface area contributed by atoms with E-state index in [0.29, 0.717) is 36.6 Å². The largest absolute Gasteiger partial charge is 0.497 e. The quantitative estimate of drug-likeness (QED) is 0.0703. The molecule has 10 rings (SSSR count). The van der Waals surface area contributed by atoms with Gasteiger partial charge in [-0.25, -0.2) is 15.0 Å². The van der Waals surface area contributed by atoms with Gasteiger partial charge in [-0.15, -0.1) is 0 Å². The summed E-state index contributed by atoms with van der Waals surface area (Å²) >= 11 is 0. The SMILES string of the molecule is COc1ccc(C(OCc2cccc(CNc3ncnc4c3ncn4[C@H]3C[C@H](O)[C@@H](COC(c4ccccc4)(c4ccc(OC)cc4)c4ccc(OC)cc4)O3)c2)(c2ccccc2)c2ccc(OC)cc2)cc1. The number of hydrogen-bond acceptors (Lipinski definition) is 12. The van der Waals surface area contributed by atoms with E-state index in [4.69, 9.17) is 38.1 Å². The number of nitrogens with zero attached hydrogens (tertiary/aromatic N) is 4. The molecule has 0 radical (unpaired) electrons. The smallest absolute Gasteiger partial charge is 0.167 e. The molecule has 0 bridgehead atoms. The summed E-state index contributed by atoms with van der Waals surface area (Å²) in [5.74, 6) is 3.53. The summed E-state index contributed by atoms with van der Waals surface area (Å²) in [7, 11) is 6.62. The van der Waals surface area contributed by atoms with Crippen LogP contribution in [0.3, 0.4) is 0 Å². The molecule has 1 saturated heterocycles. The van der Waals surface area contributed by atoms with E-state index in [9.17, 15) is 5.11 Å². The van der Waals surface area contributed by atoms with Crippen LogP contribution in [0.4, 0.5) is 5.82 Å². The third kappa shape index (κ3) is 9.83. The van der Waals surface area contributed by atoms with Crippen molar-refractivity contribution in [3.05, 3.63) is 239 Å². The van der Waals surface area contributed by atoms with Crippen LogP contribution in [-0.4, -0.2) is 71.9 Å². The Morgan fingerprint density at radius 2 is 1.01 bits per heavy atom. The number of aliphatic hydroxyl groups excluding tert-OH is 1. The van der Waals surface area contributed by atoms with Crippen molar-refractivity contribution in [2.45, 2.75) is 49.2 Å². The van der Waals surface area contributed by atoms with Crippen LogP contribution in [0.15, 0.2) is 195 Å². The van der Waals surface area contributed by atoms with Crippen molar-refractivity contribution in [1.82, 2.24) is 19.5 Å². The van der Waals surface area contributed by atoms with Gasteiger partial charge in [-0.05, 0) is 93.0 Å². The Kier molecular flexibility index (Phi) is 14.5. The highest BCUT2D eigenvalue weighted by atomic mass is 16.6. The van der Waals surface area contributed by atoms with E-state index in [2.05, 4.69) is 69.9 Å². The fraction of sp³-hybridized carbons (Fsp3) is 0.217. The Labute approximate surface area is 424 Å². The zero-order valence-electron chi connectivity index (χ0n) is 41.1. The average molecular weight is 976 g/mol. The predicted molar refractivity (Wildman–Crippen MR) is 279 cm³/mol. The van der Waals surface area contributed by atoms with Crippen LogP contribution in [0.25, 0.3) is 11.2 Å². The van der Waals surface area contributed by atoms with Crippen molar-refractivity contribution in [3.8, 4) is 23.0 Å². The summed E-state index contributed by atoms with van der Waals surface area (Å²) in [6.45, 7) is 0.828. The van der Waals surface area contributed by atoms with Crippen LogP contribution in [0.2, 0.25) is 0 Å². The minimum atomic E-state index is -1.08. The molecule has 1 aliphatic heterocycles. The highest BCUT2D eigenvalue weighted by Gasteiger charge is 2.43. The Morgan fingerprint density at radius 1 is 0.548 bits per heavy atom. The number of hydrogen-bond donors (Lipinski definition) is 2. The van der Waals surface area contributed by atoms with Crippen LogP contribution in [0.5, 0.6) is 23.0 Å². The van der Waals surface area contributed by atoms with Crippen molar-refractivity contribution in [1.29, 1.82) is 0 Å². The number of benzene rings is 7. The fourth-order valence-corrected chi connectivity index (χ4v) is 9.79. The van der Waals surface area contributed by atoms with Crippen LogP contribution >= 0.6 is 0 Å². The number of methoxy groups -OCH3 is 4. The second-order valence-corrected chi connectivity index (χ2v) is 17.8. The molecule has 370 valence electrons. The first-order valence-corrected chi connectivity index (χ1v) is 24.1. The molecule has 0 aliphatic carbocycles. The van der Waals surface area contributed by atoms with E-state index >= 15 is 0 Å². The van der Waals surface area contributed by atoms with Gasteiger partial charge in [0.1, 0.15) is 52.9 Å². The number of nitrogens with one attached hydrogen (secondary N) is 1. The molecule has 0 unspecified atom stereocenters. The minimum absolute atomic E-state index is 0.0688. The molecule has 7 aromatic carbocycles. The van der Waals surface area contributed by atoms with E-state index in [0.717, 1.165) is 67.5 Å². The summed E-state index contributed by atoms with van der Waals surface area (Å²) in [6, 6.07) is 60.4. The third-order valence-electron chi connectivity index (χ3n) is 13.6. The van der Waals surface area contributed by atoms with Gasteiger partial charge in [0.2, 0.25) is 0 Å². The lowest BCUT2D eigenvalue weighted by Gasteiger charge is -2.37. The summed E-state index contributed by atoms with van der Waals surface area (Å²) < 4.78 is 44.9. The molecule has 73 heavy (non-hydrogen) atoms. The molecular weight excluding hydrogens is 919 g/mol. The van der Waals surface area contributed by atoms with Gasteiger partial charge in [0.25, 0.3) is 0 Å². The van der Waals surface area contributed by atoms with Crippen LogP contribution in [0, 0.1) is 0 Å². The first-order valence-electron chi connectivity index (χ1n) is 24.1. The molecule has 1 aliphatic rings. The van der Waals surface area contributed by atoms with Crippen molar-refractivity contribution >= 4 is 17.0 Å². The van der Waals surface area contributed by atoms with Gasteiger partial charge in [0, 0.05) is 13.0 Å². The van der Waals surface area contributed by atoms with E-state index in [1.54, 1.807) is 34.8 Å². The first kappa shape index (κ1) is 48.6. The van der Waals surface area contributed by atoms with Crippen LogP contribution in [-0.2, 0) is 38.6 Å². The topological polar surface area (TPSA) is 140 Å². The molecule has 0 spiro atoms. The lowest BCUT2D eigenvalue weighted by molar-refractivity contribution is -0.0931. The van der Waals surface area contributed by atoms with Crippen LogP contribution in [0.1, 0.15) is 57.2 Å². The summed E-state index contributed by atoms with van der Waals surface area (Å²) in [5.41, 5.74) is 6.67. The van der Waals surface area contributed by atoms with E-state index in [1.165, 1.54) is 6.33 Å². The van der Waals surface area contributed by atoms with Gasteiger partial charge in [-0.1, -0.05) is 133 Å². The van der Waals surface area contributed by atoms with E-state index < -0.39 is 29.6 Å². The second-order valence-electron chi connectivity index (χ2n) is 17.8. The van der Waals surface area contributed by atoms with Gasteiger partial charge in [-0.2, -0.15) is 0 Å². The lowest BCUT2D eigenvalue weighted by atomic mass is 9.80. The lowest BCUT2D eigenvalue weighted by Crippen LogP contribution is -2.38. The van der Waals surface area contributed by atoms with Crippen molar-refractivity contribution in [3.63, 3.8) is 0 Å². The zero-order valence-corrected chi connectivity index (χ0v) is 41.1. The molecule has 3 heterocycles. The van der Waals surface area contributed by atoms with Gasteiger partial charge in [0.05, 0.1) is 54.1 Å². The summed E-state index contributed by atoms with van der Waals surface area (Å²) in [4.78, 5) is 14.0. The van der Waals surface area contributed by atoms with Crippen molar-refractivity contribution in [2.75, 3.05) is 40.4 Å². The Hall–Kier alpha value is -8.07.